The number of carbonyl (C=O) groups excluding carboxylic acids is 1. The van der Waals surface area contributed by atoms with Gasteiger partial charge in [0.1, 0.15) is 6.54 Å². The van der Waals surface area contributed by atoms with Gasteiger partial charge in [-0.25, -0.2) is 4.98 Å². The van der Waals surface area contributed by atoms with Crippen molar-refractivity contribution < 1.29 is 9.53 Å². The molecule has 0 aromatic carbocycles. The van der Waals surface area contributed by atoms with Crippen LogP contribution in [0.4, 0.5) is 5.82 Å². The Kier molecular flexibility index (Phi) is 4.25. The lowest BCUT2D eigenvalue weighted by atomic mass is 10.3. The van der Waals surface area contributed by atoms with Crippen LogP contribution in [0.15, 0.2) is 17.2 Å². The molecule has 0 atom stereocenters. The smallest absolute Gasteiger partial charge is 0.325 e. The van der Waals surface area contributed by atoms with Crippen molar-refractivity contribution in [2.24, 2.45) is 7.05 Å². The van der Waals surface area contributed by atoms with Crippen molar-refractivity contribution in [2.45, 2.75) is 19.9 Å². The number of esters is 1. The summed E-state index contributed by atoms with van der Waals surface area (Å²) in [7, 11) is 2.96. The lowest BCUT2D eigenvalue weighted by Gasteiger charge is -2.25. The first kappa shape index (κ1) is 13.2. The third-order valence-corrected chi connectivity index (χ3v) is 2.42. The first-order valence-electron chi connectivity index (χ1n) is 5.32. The fourth-order valence-electron chi connectivity index (χ4n) is 1.39. The van der Waals surface area contributed by atoms with E-state index in [4.69, 9.17) is 0 Å². The Labute approximate surface area is 99.8 Å². The van der Waals surface area contributed by atoms with E-state index in [1.54, 1.807) is 18.1 Å². The van der Waals surface area contributed by atoms with Crippen LogP contribution in [-0.2, 0) is 16.6 Å². The molecule has 0 unspecified atom stereocenters. The highest BCUT2D eigenvalue weighted by molar-refractivity contribution is 5.75. The predicted molar refractivity (Wildman–Crippen MR) is 64.0 cm³/mol. The highest BCUT2D eigenvalue weighted by Crippen LogP contribution is 2.08. The predicted octanol–water partition coefficient (Wildman–Crippen LogP) is 0.168. The molecule has 1 rings (SSSR count). The van der Waals surface area contributed by atoms with Gasteiger partial charge in [0.15, 0.2) is 5.82 Å². The summed E-state index contributed by atoms with van der Waals surface area (Å²) in [5.41, 5.74) is -0.231. The lowest BCUT2D eigenvalue weighted by molar-refractivity contribution is -0.139. The molecule has 6 nitrogen and oxygen atoms in total. The maximum atomic E-state index is 11.9. The van der Waals surface area contributed by atoms with Gasteiger partial charge in [0.25, 0.3) is 5.56 Å². The van der Waals surface area contributed by atoms with E-state index in [0.717, 1.165) is 0 Å². The fraction of sp³-hybridized carbons (Fsp3) is 0.545. The van der Waals surface area contributed by atoms with Crippen LogP contribution in [-0.4, -0.2) is 35.2 Å². The molecule has 94 valence electrons. The van der Waals surface area contributed by atoms with Gasteiger partial charge in [-0.15, -0.1) is 0 Å². The van der Waals surface area contributed by atoms with Gasteiger partial charge in [0.2, 0.25) is 0 Å². The molecule has 1 aromatic rings. The maximum Gasteiger partial charge on any atom is 0.325 e. The summed E-state index contributed by atoms with van der Waals surface area (Å²) in [6.07, 6.45) is 3.10. The van der Waals surface area contributed by atoms with Crippen LogP contribution in [0, 0.1) is 0 Å². The summed E-state index contributed by atoms with van der Waals surface area (Å²) in [5.74, 6) is -0.137. The first-order chi connectivity index (χ1) is 7.97. The molecular formula is C11H17N3O3. The molecule has 0 bridgehead atoms. The fourth-order valence-corrected chi connectivity index (χ4v) is 1.39. The Morgan fingerprint density at radius 1 is 1.59 bits per heavy atom. The van der Waals surface area contributed by atoms with E-state index < -0.39 is 5.97 Å². The van der Waals surface area contributed by atoms with Gasteiger partial charge in [-0.05, 0) is 13.8 Å². The summed E-state index contributed by atoms with van der Waals surface area (Å²) in [5, 5.41) is 0. The van der Waals surface area contributed by atoms with Gasteiger partial charge in [-0.3, -0.25) is 9.59 Å². The number of aryl methyl sites for hydroxylation is 1. The van der Waals surface area contributed by atoms with Crippen molar-refractivity contribution in [1.82, 2.24) is 9.55 Å². The summed E-state index contributed by atoms with van der Waals surface area (Å²) in [6.45, 7) is 3.79. The second kappa shape index (κ2) is 5.47. The average molecular weight is 239 g/mol. The first-order valence-corrected chi connectivity index (χ1v) is 5.32. The zero-order valence-electron chi connectivity index (χ0n) is 10.5. The Balaban J connectivity index is 3.10. The van der Waals surface area contributed by atoms with E-state index in [2.05, 4.69) is 9.72 Å². The van der Waals surface area contributed by atoms with Crippen LogP contribution < -0.4 is 10.5 Å². The summed E-state index contributed by atoms with van der Waals surface area (Å²) < 4.78 is 6.03. The van der Waals surface area contributed by atoms with Crippen molar-refractivity contribution in [1.29, 1.82) is 0 Å². The number of methoxy groups -OCH3 is 1. The molecule has 0 spiro atoms. The van der Waals surface area contributed by atoms with E-state index in [0.29, 0.717) is 0 Å². The Morgan fingerprint density at radius 2 is 2.24 bits per heavy atom. The SMILES string of the molecule is COC(=O)CN(c1nccn(C)c1=O)C(C)C. The van der Waals surface area contributed by atoms with E-state index in [1.807, 2.05) is 13.8 Å². The van der Waals surface area contributed by atoms with Crippen LogP contribution in [0.2, 0.25) is 0 Å². The topological polar surface area (TPSA) is 64.4 Å². The molecule has 0 amide bonds. The van der Waals surface area contributed by atoms with Crippen LogP contribution in [0.25, 0.3) is 0 Å². The number of ether oxygens (including phenoxy) is 1. The molecule has 6 heteroatoms. The molecule has 0 saturated heterocycles. The normalized spacial score (nSPS) is 10.4. The van der Waals surface area contributed by atoms with Crippen LogP contribution >= 0.6 is 0 Å². The average Bonchev–Trinajstić information content (AvgIpc) is 2.29. The van der Waals surface area contributed by atoms with Crippen molar-refractivity contribution in [3.05, 3.63) is 22.7 Å². The number of hydrogen-bond acceptors (Lipinski definition) is 5. The van der Waals surface area contributed by atoms with Crippen molar-refractivity contribution in [2.75, 3.05) is 18.6 Å². The number of nitrogens with zero attached hydrogens (tertiary/aromatic N) is 3. The van der Waals surface area contributed by atoms with Gasteiger partial charge in [-0.1, -0.05) is 0 Å². The van der Waals surface area contributed by atoms with Gasteiger partial charge in [0.05, 0.1) is 7.11 Å². The molecule has 1 aromatic heterocycles. The summed E-state index contributed by atoms with van der Waals surface area (Å²) in [6, 6.07) is -0.0169. The zero-order chi connectivity index (χ0) is 13.0. The van der Waals surface area contributed by atoms with Crippen LogP contribution in [0.5, 0.6) is 0 Å². The molecular weight excluding hydrogens is 222 g/mol. The quantitative estimate of drug-likeness (QED) is 0.701. The van der Waals surface area contributed by atoms with Gasteiger partial charge < -0.3 is 14.2 Å². The van der Waals surface area contributed by atoms with Gasteiger partial charge >= 0.3 is 5.97 Å². The Morgan fingerprint density at radius 3 is 2.76 bits per heavy atom. The van der Waals surface area contributed by atoms with E-state index >= 15 is 0 Å². The molecule has 0 saturated carbocycles. The van der Waals surface area contributed by atoms with Crippen molar-refractivity contribution >= 4 is 11.8 Å². The molecule has 0 aliphatic carbocycles. The van der Waals surface area contributed by atoms with Crippen LogP contribution in [0.1, 0.15) is 13.8 Å². The lowest BCUT2D eigenvalue weighted by Crippen LogP contribution is -2.41. The minimum absolute atomic E-state index is 0.0143. The Hall–Kier alpha value is -1.85. The third-order valence-electron chi connectivity index (χ3n) is 2.42. The van der Waals surface area contributed by atoms with Gasteiger partial charge in [0, 0.05) is 25.5 Å². The largest absolute Gasteiger partial charge is 0.468 e. The highest BCUT2D eigenvalue weighted by atomic mass is 16.5. The summed E-state index contributed by atoms with van der Waals surface area (Å²) >= 11 is 0. The van der Waals surface area contributed by atoms with E-state index in [9.17, 15) is 9.59 Å². The van der Waals surface area contributed by atoms with Crippen molar-refractivity contribution in [3.63, 3.8) is 0 Å². The number of rotatable bonds is 4. The molecule has 0 aliphatic rings. The number of aromatic nitrogens is 2. The minimum atomic E-state index is -0.397. The van der Waals surface area contributed by atoms with Gasteiger partial charge in [-0.2, -0.15) is 0 Å². The van der Waals surface area contributed by atoms with Crippen LogP contribution in [0.3, 0.4) is 0 Å². The molecule has 0 radical (unpaired) electrons. The maximum absolute atomic E-state index is 11.9. The second-order valence-corrected chi connectivity index (χ2v) is 3.96. The monoisotopic (exact) mass is 239 g/mol. The highest BCUT2D eigenvalue weighted by Gasteiger charge is 2.19. The molecule has 0 N–H and O–H groups in total. The van der Waals surface area contributed by atoms with E-state index in [1.165, 1.54) is 17.9 Å². The molecule has 0 aliphatic heterocycles. The minimum Gasteiger partial charge on any atom is -0.468 e. The third kappa shape index (κ3) is 3.05. The summed E-state index contributed by atoms with van der Waals surface area (Å²) in [4.78, 5) is 28.8. The second-order valence-electron chi connectivity index (χ2n) is 3.96. The molecule has 1 heterocycles. The standard InChI is InChI=1S/C11H17N3O3/c1-8(2)14(7-9(15)17-4)10-11(16)13(3)6-5-12-10/h5-6,8H,7H2,1-4H3. The number of carbonyl (C=O) groups is 1. The van der Waals surface area contributed by atoms with Crippen molar-refractivity contribution in [3.8, 4) is 0 Å². The number of hydrogen-bond donors (Lipinski definition) is 0. The molecule has 17 heavy (non-hydrogen) atoms. The molecule has 0 fully saturated rings. The van der Waals surface area contributed by atoms with E-state index in [-0.39, 0.29) is 24.0 Å². The zero-order valence-corrected chi connectivity index (χ0v) is 10.5. The Bertz CT molecular complexity index is 454. The number of anilines is 1.